The second-order valence-electron chi connectivity index (χ2n) is 5.03. The summed E-state index contributed by atoms with van der Waals surface area (Å²) < 4.78 is 0.945. The molecule has 1 aliphatic heterocycles. The van der Waals surface area contributed by atoms with Crippen LogP contribution in [0.3, 0.4) is 0 Å². The Morgan fingerprint density at radius 1 is 1.58 bits per heavy atom. The molecular formula is C14H19BrN2O2. The smallest absolute Gasteiger partial charge is 0.321 e. The summed E-state index contributed by atoms with van der Waals surface area (Å²) in [6.45, 7) is 3.51. The summed E-state index contributed by atoms with van der Waals surface area (Å²) in [4.78, 5) is 14.0. The fourth-order valence-corrected chi connectivity index (χ4v) is 2.68. The van der Waals surface area contributed by atoms with Gasteiger partial charge in [0.1, 0.15) is 0 Å². The number of piperidine rings is 1. The van der Waals surface area contributed by atoms with Crippen molar-refractivity contribution in [2.45, 2.75) is 19.8 Å². The topological polar surface area (TPSA) is 52.6 Å². The van der Waals surface area contributed by atoms with Crippen LogP contribution in [-0.4, -0.2) is 35.7 Å². The second-order valence-corrected chi connectivity index (χ2v) is 5.94. The monoisotopic (exact) mass is 326 g/mol. The van der Waals surface area contributed by atoms with Crippen molar-refractivity contribution in [3.63, 3.8) is 0 Å². The number of carbonyl (C=O) groups is 1. The van der Waals surface area contributed by atoms with Gasteiger partial charge in [0.15, 0.2) is 0 Å². The molecule has 1 heterocycles. The largest absolute Gasteiger partial charge is 0.396 e. The summed E-state index contributed by atoms with van der Waals surface area (Å²) in [5.74, 6) is 0.211. The van der Waals surface area contributed by atoms with Crippen molar-refractivity contribution in [3.05, 3.63) is 28.2 Å². The maximum Gasteiger partial charge on any atom is 0.321 e. The van der Waals surface area contributed by atoms with Gasteiger partial charge in [-0.25, -0.2) is 4.79 Å². The molecule has 2 rings (SSSR count). The molecule has 2 amide bonds. The van der Waals surface area contributed by atoms with Crippen LogP contribution in [0, 0.1) is 12.8 Å². The van der Waals surface area contributed by atoms with E-state index in [2.05, 4.69) is 21.2 Å². The van der Waals surface area contributed by atoms with E-state index in [-0.39, 0.29) is 18.6 Å². The highest BCUT2D eigenvalue weighted by atomic mass is 79.9. The molecule has 1 atom stereocenters. The molecule has 0 aromatic heterocycles. The Morgan fingerprint density at radius 3 is 3.11 bits per heavy atom. The number of hydrogen-bond acceptors (Lipinski definition) is 2. The number of likely N-dealkylation sites (tertiary alicyclic amines) is 1. The van der Waals surface area contributed by atoms with Crippen LogP contribution in [0.15, 0.2) is 22.7 Å². The molecule has 104 valence electrons. The number of aliphatic hydroxyl groups is 1. The summed E-state index contributed by atoms with van der Waals surface area (Å²) in [5.41, 5.74) is 1.86. The van der Waals surface area contributed by atoms with Crippen LogP contribution in [-0.2, 0) is 0 Å². The lowest BCUT2D eigenvalue weighted by Crippen LogP contribution is -2.43. The molecule has 0 spiro atoms. The minimum absolute atomic E-state index is 0.0839. The van der Waals surface area contributed by atoms with Crippen LogP contribution in [0.4, 0.5) is 10.5 Å². The molecule has 19 heavy (non-hydrogen) atoms. The fourth-order valence-electron chi connectivity index (χ4n) is 2.32. The molecule has 1 unspecified atom stereocenters. The first kappa shape index (κ1) is 14.3. The van der Waals surface area contributed by atoms with Crippen molar-refractivity contribution in [2.24, 2.45) is 5.92 Å². The maximum absolute atomic E-state index is 12.2. The average Bonchev–Trinajstić information content (AvgIpc) is 2.43. The lowest BCUT2D eigenvalue weighted by molar-refractivity contribution is 0.136. The third-order valence-corrected chi connectivity index (χ3v) is 4.00. The molecule has 0 radical (unpaired) electrons. The zero-order chi connectivity index (χ0) is 13.8. The molecule has 1 saturated heterocycles. The van der Waals surface area contributed by atoms with Gasteiger partial charge in [0.25, 0.3) is 0 Å². The van der Waals surface area contributed by atoms with E-state index in [9.17, 15) is 9.90 Å². The molecule has 2 N–H and O–H groups in total. The standard InChI is InChI=1S/C14H19BrN2O2/c1-10-4-5-12(15)7-13(10)16-14(19)17-6-2-3-11(8-17)9-18/h4-5,7,11,18H,2-3,6,8-9H2,1H3,(H,16,19). The highest BCUT2D eigenvalue weighted by Gasteiger charge is 2.23. The van der Waals surface area contributed by atoms with Gasteiger partial charge in [-0.1, -0.05) is 22.0 Å². The highest BCUT2D eigenvalue weighted by molar-refractivity contribution is 9.10. The molecule has 0 saturated carbocycles. The number of benzene rings is 1. The van der Waals surface area contributed by atoms with Crippen LogP contribution in [0.25, 0.3) is 0 Å². The molecule has 1 fully saturated rings. The fraction of sp³-hybridized carbons (Fsp3) is 0.500. The quantitative estimate of drug-likeness (QED) is 0.877. The Labute approximate surface area is 121 Å². The molecule has 1 aromatic carbocycles. The minimum Gasteiger partial charge on any atom is -0.396 e. The van der Waals surface area contributed by atoms with E-state index in [0.717, 1.165) is 35.1 Å². The normalized spacial score (nSPS) is 19.3. The van der Waals surface area contributed by atoms with Crippen molar-refractivity contribution >= 4 is 27.6 Å². The zero-order valence-corrected chi connectivity index (χ0v) is 12.6. The average molecular weight is 327 g/mol. The Balaban J connectivity index is 2.02. The van der Waals surface area contributed by atoms with Crippen molar-refractivity contribution in [3.8, 4) is 0 Å². The maximum atomic E-state index is 12.2. The number of amides is 2. The predicted octanol–water partition coefficient (Wildman–Crippen LogP) is 2.99. The molecule has 0 bridgehead atoms. The van der Waals surface area contributed by atoms with Gasteiger partial charge in [0.05, 0.1) is 0 Å². The summed E-state index contributed by atoms with van der Waals surface area (Å²) >= 11 is 3.41. The summed E-state index contributed by atoms with van der Waals surface area (Å²) in [6, 6.07) is 5.74. The van der Waals surface area contributed by atoms with Crippen LogP contribution < -0.4 is 5.32 Å². The van der Waals surface area contributed by atoms with E-state index in [1.165, 1.54) is 0 Å². The van der Waals surface area contributed by atoms with E-state index in [1.54, 1.807) is 4.90 Å². The predicted molar refractivity (Wildman–Crippen MR) is 79.3 cm³/mol. The van der Waals surface area contributed by atoms with Gasteiger partial charge in [-0.2, -0.15) is 0 Å². The number of aryl methyl sites for hydroxylation is 1. The van der Waals surface area contributed by atoms with Crippen molar-refractivity contribution < 1.29 is 9.90 Å². The third-order valence-electron chi connectivity index (χ3n) is 3.51. The Kier molecular flexibility index (Phi) is 4.82. The van der Waals surface area contributed by atoms with Gasteiger partial charge < -0.3 is 15.3 Å². The van der Waals surface area contributed by atoms with Crippen LogP contribution in [0.5, 0.6) is 0 Å². The number of hydrogen-bond donors (Lipinski definition) is 2. The molecule has 1 aromatic rings. The number of urea groups is 1. The van der Waals surface area contributed by atoms with Crippen molar-refractivity contribution in [1.82, 2.24) is 4.90 Å². The summed E-state index contributed by atoms with van der Waals surface area (Å²) in [7, 11) is 0. The van der Waals surface area contributed by atoms with Gasteiger partial charge >= 0.3 is 6.03 Å². The number of halogens is 1. The van der Waals surface area contributed by atoms with Crippen molar-refractivity contribution in [1.29, 1.82) is 0 Å². The third kappa shape index (κ3) is 3.70. The number of nitrogens with one attached hydrogen (secondary N) is 1. The van der Waals surface area contributed by atoms with Crippen molar-refractivity contribution in [2.75, 3.05) is 25.0 Å². The number of carbonyl (C=O) groups excluding carboxylic acids is 1. The van der Waals surface area contributed by atoms with Gasteiger partial charge in [0, 0.05) is 29.9 Å². The van der Waals surface area contributed by atoms with E-state index < -0.39 is 0 Å². The lowest BCUT2D eigenvalue weighted by Gasteiger charge is -2.32. The molecule has 5 heteroatoms. The second kappa shape index (κ2) is 6.39. The molecule has 0 aliphatic carbocycles. The Hall–Kier alpha value is -1.07. The lowest BCUT2D eigenvalue weighted by atomic mass is 9.99. The Morgan fingerprint density at radius 2 is 2.37 bits per heavy atom. The Bertz CT molecular complexity index is 465. The van der Waals surface area contributed by atoms with Gasteiger partial charge in [-0.3, -0.25) is 0 Å². The zero-order valence-electron chi connectivity index (χ0n) is 11.0. The highest BCUT2D eigenvalue weighted by Crippen LogP contribution is 2.22. The first-order valence-electron chi connectivity index (χ1n) is 6.53. The van der Waals surface area contributed by atoms with Gasteiger partial charge in [-0.05, 0) is 43.4 Å². The number of rotatable bonds is 2. The van der Waals surface area contributed by atoms with E-state index >= 15 is 0 Å². The summed E-state index contributed by atoms with van der Waals surface area (Å²) in [6.07, 6.45) is 1.95. The van der Waals surface area contributed by atoms with Crippen LogP contribution in [0.1, 0.15) is 18.4 Å². The molecular weight excluding hydrogens is 308 g/mol. The minimum atomic E-state index is -0.0839. The first-order valence-corrected chi connectivity index (χ1v) is 7.32. The first-order chi connectivity index (χ1) is 9.10. The van der Waals surface area contributed by atoms with E-state index in [1.807, 2.05) is 25.1 Å². The van der Waals surface area contributed by atoms with Gasteiger partial charge in [-0.15, -0.1) is 0 Å². The van der Waals surface area contributed by atoms with Crippen LogP contribution >= 0.6 is 15.9 Å². The van der Waals surface area contributed by atoms with E-state index in [4.69, 9.17) is 0 Å². The van der Waals surface area contributed by atoms with Gasteiger partial charge in [0.2, 0.25) is 0 Å². The SMILES string of the molecule is Cc1ccc(Br)cc1NC(=O)N1CCCC(CO)C1. The number of nitrogens with zero attached hydrogens (tertiary/aromatic N) is 1. The number of aliphatic hydroxyl groups excluding tert-OH is 1. The van der Waals surface area contributed by atoms with Crippen LogP contribution in [0.2, 0.25) is 0 Å². The molecule has 1 aliphatic rings. The molecule has 4 nitrogen and oxygen atoms in total. The summed E-state index contributed by atoms with van der Waals surface area (Å²) in [5, 5.41) is 12.1. The number of anilines is 1. The van der Waals surface area contributed by atoms with E-state index in [0.29, 0.717) is 6.54 Å².